The van der Waals surface area contributed by atoms with E-state index in [1.807, 2.05) is 86.1 Å². The Labute approximate surface area is 334 Å². The number of amides is 1. The van der Waals surface area contributed by atoms with Crippen LogP contribution in [-0.2, 0) is 33.8 Å². The van der Waals surface area contributed by atoms with Gasteiger partial charge in [-0.05, 0) is 93.1 Å². The van der Waals surface area contributed by atoms with Crippen molar-refractivity contribution in [3.63, 3.8) is 0 Å². The predicted molar refractivity (Wildman–Crippen MR) is 204 cm³/mol. The standard InChI is InChI=1S/C36H41N5O4.2C2HF3O2/c1-6-27-21-28(7-2)41(40-27)31-12-10-9-11-26(31)22-39-36(42)34(25-13-16-32(44-23(4)5)33(20-25)43-8-3)45-29-14-15-30-24(19-29)17-18-38-35(30)37;2*3-2(4,5)1(6)7/h9-21,23,34H,6-8,22H2,1-5H3,(H2,37,38)(H,39,42);2*(H,6,7). The molecule has 1 amide bonds. The van der Waals surface area contributed by atoms with Gasteiger partial charge < -0.3 is 35.5 Å². The first-order valence-corrected chi connectivity index (χ1v) is 18.0. The predicted octanol–water partition coefficient (Wildman–Crippen LogP) is 8.02. The highest BCUT2D eigenvalue weighted by atomic mass is 19.4. The number of hydrogen-bond acceptors (Lipinski definition) is 9. The van der Waals surface area contributed by atoms with E-state index in [4.69, 9.17) is 44.8 Å². The molecule has 5 N–H and O–H groups in total. The molecule has 0 fully saturated rings. The highest BCUT2D eigenvalue weighted by Gasteiger charge is 2.39. The zero-order chi connectivity index (χ0) is 44.1. The van der Waals surface area contributed by atoms with Crippen LogP contribution in [0.15, 0.2) is 79.0 Å². The van der Waals surface area contributed by atoms with Crippen LogP contribution >= 0.6 is 0 Å². The highest BCUT2D eigenvalue weighted by Crippen LogP contribution is 2.34. The van der Waals surface area contributed by atoms with Crippen LogP contribution in [0.1, 0.15) is 63.2 Å². The van der Waals surface area contributed by atoms with Crippen LogP contribution in [0, 0.1) is 0 Å². The molecule has 0 saturated carbocycles. The van der Waals surface area contributed by atoms with Gasteiger partial charge in [0.2, 0.25) is 6.10 Å². The lowest BCUT2D eigenvalue weighted by Crippen LogP contribution is -2.32. The normalized spacial score (nSPS) is 11.7. The van der Waals surface area contributed by atoms with Crippen molar-refractivity contribution in [2.45, 2.75) is 78.6 Å². The second kappa shape index (κ2) is 20.8. The van der Waals surface area contributed by atoms with Gasteiger partial charge in [0.15, 0.2) is 11.5 Å². The molecule has 0 spiro atoms. The molecule has 318 valence electrons. The van der Waals surface area contributed by atoms with Crippen LogP contribution in [0.3, 0.4) is 0 Å². The van der Waals surface area contributed by atoms with Crippen LogP contribution in [0.5, 0.6) is 17.2 Å². The maximum atomic E-state index is 14.0. The molecule has 19 heteroatoms. The van der Waals surface area contributed by atoms with E-state index in [1.54, 1.807) is 12.3 Å². The second-order valence-electron chi connectivity index (χ2n) is 12.6. The van der Waals surface area contributed by atoms with Crippen molar-refractivity contribution in [2.75, 3.05) is 12.3 Å². The molecule has 13 nitrogen and oxygen atoms in total. The average Bonchev–Trinajstić information content (AvgIpc) is 3.60. The maximum absolute atomic E-state index is 14.0. The van der Waals surface area contributed by atoms with Gasteiger partial charge in [0.05, 0.1) is 24.1 Å². The van der Waals surface area contributed by atoms with Crippen LogP contribution in [0.25, 0.3) is 16.5 Å². The van der Waals surface area contributed by atoms with Gasteiger partial charge in [0.25, 0.3) is 5.91 Å². The third-order valence-corrected chi connectivity index (χ3v) is 7.91. The molecule has 5 aromatic rings. The van der Waals surface area contributed by atoms with Gasteiger partial charge in [-0.1, -0.05) is 38.1 Å². The lowest BCUT2D eigenvalue weighted by molar-refractivity contribution is -0.193. The molecule has 1 atom stereocenters. The molecule has 0 radical (unpaired) electrons. The topological polar surface area (TPSA) is 188 Å². The Morgan fingerprint density at radius 2 is 1.47 bits per heavy atom. The Hall–Kier alpha value is -6.53. The molecular weight excluding hydrogens is 792 g/mol. The second-order valence-corrected chi connectivity index (χ2v) is 12.6. The molecule has 0 bridgehead atoms. The largest absolute Gasteiger partial charge is 0.490 e. The monoisotopic (exact) mass is 835 g/mol. The van der Waals surface area contributed by atoms with Crippen LogP contribution in [0.4, 0.5) is 32.2 Å². The molecule has 0 aliphatic carbocycles. The number of ether oxygens (including phenoxy) is 3. The number of rotatable bonds is 13. The number of pyridine rings is 1. The summed E-state index contributed by atoms with van der Waals surface area (Å²) in [5.41, 5.74) is 10.7. The molecular formula is C40H43F6N5O8. The number of nitrogens with one attached hydrogen (secondary N) is 1. The quantitative estimate of drug-likeness (QED) is 0.0842. The zero-order valence-corrected chi connectivity index (χ0v) is 32.5. The SMILES string of the molecule is CCOc1cc(C(Oc2ccc3c(N)nccc3c2)C(=O)NCc2ccccc2-n2nc(CC)cc2CC)ccc1OC(C)C.O=C(O)C(F)(F)F.O=C(O)C(F)(F)F. The Morgan fingerprint density at radius 3 is 2.05 bits per heavy atom. The first-order valence-electron chi connectivity index (χ1n) is 18.0. The minimum atomic E-state index is -5.08. The first kappa shape index (κ1) is 46.8. The van der Waals surface area contributed by atoms with E-state index < -0.39 is 30.4 Å². The van der Waals surface area contributed by atoms with Gasteiger partial charge in [-0.3, -0.25) is 4.79 Å². The molecule has 0 aliphatic heterocycles. The van der Waals surface area contributed by atoms with Crippen LogP contribution in [-0.4, -0.2) is 67.9 Å². The highest BCUT2D eigenvalue weighted by molar-refractivity contribution is 5.92. The third-order valence-electron chi connectivity index (χ3n) is 7.91. The lowest BCUT2D eigenvalue weighted by atomic mass is 10.1. The summed E-state index contributed by atoms with van der Waals surface area (Å²) in [6.45, 7) is 10.8. The number of aryl methyl sites for hydroxylation is 2. The van der Waals surface area contributed by atoms with Gasteiger partial charge >= 0.3 is 24.3 Å². The van der Waals surface area contributed by atoms with Gasteiger partial charge in [-0.25, -0.2) is 19.3 Å². The fourth-order valence-electron chi connectivity index (χ4n) is 5.22. The van der Waals surface area contributed by atoms with E-state index in [1.165, 1.54) is 0 Å². The van der Waals surface area contributed by atoms with Crippen molar-refractivity contribution in [2.24, 2.45) is 0 Å². The van der Waals surface area contributed by atoms with Crippen molar-refractivity contribution < 1.29 is 65.1 Å². The minimum absolute atomic E-state index is 0.0404. The molecule has 2 heterocycles. The number of carbonyl (C=O) groups is 3. The minimum Gasteiger partial charge on any atom is -0.490 e. The van der Waals surface area contributed by atoms with E-state index in [-0.39, 0.29) is 18.6 Å². The van der Waals surface area contributed by atoms with Crippen molar-refractivity contribution >= 4 is 34.4 Å². The number of hydrogen-bond donors (Lipinski definition) is 4. The number of carboxylic acid groups (broad SMARTS) is 2. The van der Waals surface area contributed by atoms with E-state index in [9.17, 15) is 31.1 Å². The number of alkyl halides is 6. The fraction of sp³-hybridized carbons (Fsp3) is 0.325. The van der Waals surface area contributed by atoms with Gasteiger partial charge in [0.1, 0.15) is 11.6 Å². The number of benzene rings is 3. The summed E-state index contributed by atoms with van der Waals surface area (Å²) in [4.78, 5) is 36.0. The van der Waals surface area contributed by atoms with Crippen molar-refractivity contribution in [1.82, 2.24) is 20.1 Å². The number of fused-ring (bicyclic) bond motifs is 1. The number of aromatic nitrogens is 3. The number of aliphatic carboxylic acids is 2. The number of carbonyl (C=O) groups excluding carboxylic acids is 1. The molecule has 59 heavy (non-hydrogen) atoms. The van der Waals surface area contributed by atoms with E-state index in [2.05, 4.69) is 30.2 Å². The molecule has 0 saturated heterocycles. The molecule has 3 aromatic carbocycles. The first-order chi connectivity index (χ1) is 27.7. The summed E-state index contributed by atoms with van der Waals surface area (Å²) in [7, 11) is 0. The Balaban J connectivity index is 0.000000569. The number of anilines is 1. The summed E-state index contributed by atoms with van der Waals surface area (Å²) in [6, 6.07) is 23.0. The van der Waals surface area contributed by atoms with E-state index in [0.717, 1.165) is 46.3 Å². The molecule has 0 aliphatic rings. The summed E-state index contributed by atoms with van der Waals surface area (Å²) in [5, 5.41) is 23.9. The summed E-state index contributed by atoms with van der Waals surface area (Å²) in [6.07, 6.45) is -7.85. The lowest BCUT2D eigenvalue weighted by Gasteiger charge is -2.22. The molecule has 5 rings (SSSR count). The number of para-hydroxylation sites is 1. The number of halogens is 6. The number of nitrogens with zero attached hydrogens (tertiary/aromatic N) is 3. The third kappa shape index (κ3) is 13.5. The smallest absolute Gasteiger partial charge is 0.490 e. The van der Waals surface area contributed by atoms with Crippen LogP contribution < -0.4 is 25.3 Å². The number of carboxylic acids is 2. The Kier molecular flexibility index (Phi) is 16.5. The number of nitrogen functional groups attached to an aromatic ring is 1. The maximum Gasteiger partial charge on any atom is 0.490 e. The number of nitrogens with two attached hydrogens (primary N) is 1. The summed E-state index contributed by atoms with van der Waals surface area (Å²) < 4.78 is 83.8. The Morgan fingerprint density at radius 1 is 0.831 bits per heavy atom. The summed E-state index contributed by atoms with van der Waals surface area (Å²) in [5.74, 6) is -3.71. The van der Waals surface area contributed by atoms with E-state index >= 15 is 0 Å². The molecule has 1 unspecified atom stereocenters. The summed E-state index contributed by atoms with van der Waals surface area (Å²) >= 11 is 0. The van der Waals surface area contributed by atoms with E-state index in [0.29, 0.717) is 35.2 Å². The fourth-order valence-corrected chi connectivity index (χ4v) is 5.22. The van der Waals surface area contributed by atoms with Crippen molar-refractivity contribution in [3.05, 3.63) is 102 Å². The van der Waals surface area contributed by atoms with Gasteiger partial charge in [-0.15, -0.1) is 0 Å². The van der Waals surface area contributed by atoms with Gasteiger partial charge in [0, 0.05) is 29.4 Å². The zero-order valence-electron chi connectivity index (χ0n) is 32.5. The van der Waals surface area contributed by atoms with Crippen molar-refractivity contribution in [3.8, 4) is 22.9 Å². The van der Waals surface area contributed by atoms with Crippen molar-refractivity contribution in [1.29, 1.82) is 0 Å². The Bertz CT molecular complexity index is 2180. The van der Waals surface area contributed by atoms with Crippen LogP contribution in [0.2, 0.25) is 0 Å². The average molecular weight is 836 g/mol. The molecule has 2 aromatic heterocycles. The van der Waals surface area contributed by atoms with Gasteiger partial charge in [-0.2, -0.15) is 31.4 Å².